The fourth-order valence-electron chi connectivity index (χ4n) is 2.69. The SMILES string of the molecule is Cc1ccccc1CCCCCCCCCCN(C)C.Cl. The van der Waals surface area contributed by atoms with Crippen LogP contribution in [0.5, 0.6) is 0 Å². The Hall–Kier alpha value is -0.530. The van der Waals surface area contributed by atoms with Crippen molar-refractivity contribution in [2.45, 2.75) is 64.7 Å². The molecule has 122 valence electrons. The minimum Gasteiger partial charge on any atom is -0.309 e. The molecule has 1 rings (SSSR count). The van der Waals surface area contributed by atoms with Gasteiger partial charge in [0.1, 0.15) is 0 Å². The van der Waals surface area contributed by atoms with Gasteiger partial charge in [0, 0.05) is 0 Å². The molecule has 1 aromatic rings. The van der Waals surface area contributed by atoms with Gasteiger partial charge in [-0.1, -0.05) is 62.8 Å². The van der Waals surface area contributed by atoms with E-state index in [0.717, 1.165) is 0 Å². The standard InChI is InChI=1S/C19H33N.ClH/c1-18-14-11-12-16-19(18)15-10-8-6-4-5-7-9-13-17-20(2)3;/h11-12,14,16H,4-10,13,15,17H2,1-3H3;1H. The van der Waals surface area contributed by atoms with E-state index in [4.69, 9.17) is 0 Å². The first-order valence-corrected chi connectivity index (χ1v) is 8.39. The van der Waals surface area contributed by atoms with E-state index in [1.54, 1.807) is 0 Å². The van der Waals surface area contributed by atoms with Gasteiger partial charge in [0.2, 0.25) is 0 Å². The van der Waals surface area contributed by atoms with E-state index in [9.17, 15) is 0 Å². The summed E-state index contributed by atoms with van der Waals surface area (Å²) in [4.78, 5) is 2.28. The third-order valence-corrected chi connectivity index (χ3v) is 4.06. The highest BCUT2D eigenvalue weighted by Crippen LogP contribution is 2.13. The summed E-state index contributed by atoms with van der Waals surface area (Å²) in [7, 11) is 4.32. The third-order valence-electron chi connectivity index (χ3n) is 4.06. The lowest BCUT2D eigenvalue weighted by molar-refractivity contribution is 0.389. The van der Waals surface area contributed by atoms with Crippen LogP contribution in [0.25, 0.3) is 0 Å². The van der Waals surface area contributed by atoms with Crippen molar-refractivity contribution >= 4 is 12.4 Å². The van der Waals surface area contributed by atoms with E-state index in [2.05, 4.69) is 50.2 Å². The van der Waals surface area contributed by atoms with Crippen LogP contribution in [-0.2, 0) is 6.42 Å². The molecule has 0 bridgehead atoms. The van der Waals surface area contributed by atoms with Crippen LogP contribution < -0.4 is 0 Å². The Bertz CT molecular complexity index is 349. The van der Waals surface area contributed by atoms with Gasteiger partial charge >= 0.3 is 0 Å². The molecule has 0 aliphatic heterocycles. The van der Waals surface area contributed by atoms with Gasteiger partial charge in [0.25, 0.3) is 0 Å². The molecule has 0 unspecified atom stereocenters. The van der Waals surface area contributed by atoms with E-state index in [-0.39, 0.29) is 12.4 Å². The maximum atomic E-state index is 2.28. The van der Waals surface area contributed by atoms with Gasteiger partial charge < -0.3 is 4.90 Å². The van der Waals surface area contributed by atoms with Crippen molar-refractivity contribution in [3.63, 3.8) is 0 Å². The Balaban J connectivity index is 0.00000400. The minimum atomic E-state index is 0. The fourth-order valence-corrected chi connectivity index (χ4v) is 2.69. The Morgan fingerprint density at radius 3 is 1.86 bits per heavy atom. The topological polar surface area (TPSA) is 3.24 Å². The molecule has 1 nitrogen and oxygen atoms in total. The fraction of sp³-hybridized carbons (Fsp3) is 0.684. The highest BCUT2D eigenvalue weighted by molar-refractivity contribution is 5.85. The van der Waals surface area contributed by atoms with Crippen LogP contribution in [0.1, 0.15) is 62.5 Å². The normalized spacial score (nSPS) is 10.7. The molecule has 0 saturated carbocycles. The summed E-state index contributed by atoms with van der Waals surface area (Å²) in [6.07, 6.45) is 12.5. The molecule has 0 radical (unpaired) electrons. The van der Waals surface area contributed by atoms with Crippen LogP contribution in [0.4, 0.5) is 0 Å². The molecule has 0 fully saturated rings. The van der Waals surface area contributed by atoms with E-state index in [1.165, 1.54) is 75.5 Å². The highest BCUT2D eigenvalue weighted by atomic mass is 35.5. The Morgan fingerprint density at radius 2 is 1.29 bits per heavy atom. The van der Waals surface area contributed by atoms with Crippen LogP contribution in [0.3, 0.4) is 0 Å². The quantitative estimate of drug-likeness (QED) is 0.478. The second kappa shape index (κ2) is 13.2. The molecule has 0 atom stereocenters. The zero-order valence-corrected chi connectivity index (χ0v) is 15.1. The van der Waals surface area contributed by atoms with Crippen molar-refractivity contribution in [2.24, 2.45) is 0 Å². The van der Waals surface area contributed by atoms with Crippen LogP contribution in [0.2, 0.25) is 0 Å². The Morgan fingerprint density at radius 1 is 0.762 bits per heavy atom. The molecule has 0 amide bonds. The highest BCUT2D eigenvalue weighted by Gasteiger charge is 1.97. The number of hydrogen-bond donors (Lipinski definition) is 0. The van der Waals surface area contributed by atoms with E-state index in [0.29, 0.717) is 0 Å². The van der Waals surface area contributed by atoms with Gasteiger partial charge in [-0.15, -0.1) is 12.4 Å². The summed E-state index contributed by atoms with van der Waals surface area (Å²) < 4.78 is 0. The van der Waals surface area contributed by atoms with E-state index in [1.807, 2.05) is 0 Å². The van der Waals surface area contributed by atoms with Gasteiger partial charge in [0.05, 0.1) is 0 Å². The average Bonchev–Trinajstić information content (AvgIpc) is 2.42. The number of hydrogen-bond acceptors (Lipinski definition) is 1. The Kier molecular flexibility index (Phi) is 12.8. The predicted octanol–water partition coefficient (Wildman–Crippen LogP) is 5.64. The predicted molar refractivity (Wildman–Crippen MR) is 97.6 cm³/mol. The molecular weight excluding hydrogens is 278 g/mol. The van der Waals surface area contributed by atoms with Crippen LogP contribution in [-0.4, -0.2) is 25.5 Å². The summed E-state index contributed by atoms with van der Waals surface area (Å²) in [5, 5.41) is 0. The molecule has 0 aliphatic rings. The molecule has 0 aromatic heterocycles. The van der Waals surface area contributed by atoms with Crippen molar-refractivity contribution < 1.29 is 0 Å². The largest absolute Gasteiger partial charge is 0.309 e. The number of halogens is 1. The van der Waals surface area contributed by atoms with Crippen molar-refractivity contribution in [3.05, 3.63) is 35.4 Å². The molecule has 0 saturated heterocycles. The van der Waals surface area contributed by atoms with E-state index >= 15 is 0 Å². The van der Waals surface area contributed by atoms with Crippen LogP contribution in [0.15, 0.2) is 24.3 Å². The van der Waals surface area contributed by atoms with Crippen LogP contribution in [0, 0.1) is 6.92 Å². The second-order valence-electron chi connectivity index (χ2n) is 6.31. The van der Waals surface area contributed by atoms with Gasteiger partial charge in [-0.25, -0.2) is 0 Å². The molecule has 2 heteroatoms. The lowest BCUT2D eigenvalue weighted by atomic mass is 10.0. The first kappa shape index (κ1) is 20.5. The van der Waals surface area contributed by atoms with Crippen molar-refractivity contribution in [2.75, 3.05) is 20.6 Å². The number of nitrogens with zero attached hydrogens (tertiary/aromatic N) is 1. The smallest absolute Gasteiger partial charge is 0.00248 e. The Labute approximate surface area is 138 Å². The van der Waals surface area contributed by atoms with E-state index < -0.39 is 0 Å². The third kappa shape index (κ3) is 10.8. The van der Waals surface area contributed by atoms with Crippen molar-refractivity contribution in [1.82, 2.24) is 4.90 Å². The molecule has 0 spiro atoms. The minimum absolute atomic E-state index is 0. The molecule has 1 aromatic carbocycles. The molecule has 0 N–H and O–H groups in total. The number of aryl methyl sites for hydroxylation is 2. The lowest BCUT2D eigenvalue weighted by Crippen LogP contribution is -2.12. The summed E-state index contributed by atoms with van der Waals surface area (Å²) >= 11 is 0. The lowest BCUT2D eigenvalue weighted by Gasteiger charge is -2.08. The summed E-state index contributed by atoms with van der Waals surface area (Å²) in [5.41, 5.74) is 2.99. The zero-order chi connectivity index (χ0) is 14.6. The van der Waals surface area contributed by atoms with Gasteiger partial charge in [-0.3, -0.25) is 0 Å². The first-order chi connectivity index (χ1) is 9.70. The maximum absolute atomic E-state index is 2.28. The number of benzene rings is 1. The monoisotopic (exact) mass is 311 g/mol. The van der Waals surface area contributed by atoms with Gasteiger partial charge in [-0.05, 0) is 58.0 Å². The average molecular weight is 312 g/mol. The number of rotatable bonds is 11. The first-order valence-electron chi connectivity index (χ1n) is 8.39. The maximum Gasteiger partial charge on any atom is -0.00248 e. The van der Waals surface area contributed by atoms with Crippen molar-refractivity contribution in [3.8, 4) is 0 Å². The zero-order valence-electron chi connectivity index (χ0n) is 14.2. The van der Waals surface area contributed by atoms with Crippen molar-refractivity contribution in [1.29, 1.82) is 0 Å². The second-order valence-corrected chi connectivity index (χ2v) is 6.31. The molecule has 0 heterocycles. The summed E-state index contributed by atoms with van der Waals surface area (Å²) in [5.74, 6) is 0. The van der Waals surface area contributed by atoms with Gasteiger partial charge in [-0.2, -0.15) is 0 Å². The summed E-state index contributed by atoms with van der Waals surface area (Å²) in [6.45, 7) is 3.47. The molecular formula is C19H34ClN. The molecule has 0 aliphatic carbocycles. The summed E-state index contributed by atoms with van der Waals surface area (Å²) in [6, 6.07) is 8.80. The number of unbranched alkanes of at least 4 members (excludes halogenated alkanes) is 7. The molecule has 21 heavy (non-hydrogen) atoms. The van der Waals surface area contributed by atoms with Crippen LogP contribution >= 0.6 is 12.4 Å². The van der Waals surface area contributed by atoms with Gasteiger partial charge in [0.15, 0.2) is 0 Å².